The smallest absolute Gasteiger partial charge is 0.0332 e. The lowest BCUT2D eigenvalue weighted by atomic mass is 9.72. The molecule has 2 fully saturated rings. The second kappa shape index (κ2) is 6.28. The highest BCUT2D eigenvalue weighted by Gasteiger charge is 2.39. The van der Waals surface area contributed by atoms with Crippen LogP contribution < -0.4 is 5.73 Å². The van der Waals surface area contributed by atoms with Crippen molar-refractivity contribution >= 4 is 0 Å². The van der Waals surface area contributed by atoms with Gasteiger partial charge in [-0.05, 0) is 63.1 Å². The SMILES string of the molecule is NCC1(N2CCCCC2)CCC(c2ccccc2)CC1. The minimum Gasteiger partial charge on any atom is -0.329 e. The molecule has 0 bridgehead atoms. The zero-order valence-electron chi connectivity index (χ0n) is 12.6. The molecular weight excluding hydrogens is 244 g/mol. The molecule has 2 N–H and O–H groups in total. The molecule has 1 aliphatic heterocycles. The maximum absolute atomic E-state index is 6.21. The summed E-state index contributed by atoms with van der Waals surface area (Å²) < 4.78 is 0. The monoisotopic (exact) mass is 272 g/mol. The van der Waals surface area contributed by atoms with Crippen molar-refractivity contribution in [2.24, 2.45) is 5.73 Å². The predicted octanol–water partition coefficient (Wildman–Crippen LogP) is 3.53. The summed E-state index contributed by atoms with van der Waals surface area (Å²) in [6, 6.07) is 11.0. The summed E-state index contributed by atoms with van der Waals surface area (Å²) in [5.74, 6) is 0.751. The topological polar surface area (TPSA) is 29.3 Å². The van der Waals surface area contributed by atoms with Crippen molar-refractivity contribution in [3.05, 3.63) is 35.9 Å². The van der Waals surface area contributed by atoms with Crippen LogP contribution in [0.2, 0.25) is 0 Å². The van der Waals surface area contributed by atoms with Gasteiger partial charge >= 0.3 is 0 Å². The maximum atomic E-state index is 6.21. The van der Waals surface area contributed by atoms with Gasteiger partial charge in [-0.1, -0.05) is 36.8 Å². The molecule has 2 aliphatic rings. The van der Waals surface area contributed by atoms with Crippen LogP contribution >= 0.6 is 0 Å². The first kappa shape index (κ1) is 14.1. The number of rotatable bonds is 3. The van der Waals surface area contributed by atoms with Gasteiger partial charge < -0.3 is 5.73 Å². The van der Waals surface area contributed by atoms with Crippen molar-refractivity contribution in [3.8, 4) is 0 Å². The molecule has 0 aromatic heterocycles. The number of likely N-dealkylation sites (tertiary alicyclic amines) is 1. The summed E-state index contributed by atoms with van der Waals surface area (Å²) in [7, 11) is 0. The third kappa shape index (κ3) is 2.77. The van der Waals surface area contributed by atoms with Gasteiger partial charge in [0.15, 0.2) is 0 Å². The lowest BCUT2D eigenvalue weighted by Crippen LogP contribution is -2.57. The van der Waals surface area contributed by atoms with Crippen LogP contribution in [0, 0.1) is 0 Å². The van der Waals surface area contributed by atoms with Crippen LogP contribution in [-0.2, 0) is 0 Å². The Hall–Kier alpha value is -0.860. The molecule has 0 radical (unpaired) electrons. The summed E-state index contributed by atoms with van der Waals surface area (Å²) in [6.45, 7) is 3.38. The van der Waals surface area contributed by atoms with E-state index in [1.54, 1.807) is 0 Å². The van der Waals surface area contributed by atoms with Gasteiger partial charge in [0.05, 0.1) is 0 Å². The van der Waals surface area contributed by atoms with Gasteiger partial charge in [0.2, 0.25) is 0 Å². The standard InChI is InChI=1S/C18H28N2/c19-15-18(20-13-5-2-6-14-20)11-9-17(10-12-18)16-7-3-1-4-8-16/h1,3-4,7-8,17H,2,5-6,9-15,19H2. The van der Waals surface area contributed by atoms with E-state index in [1.807, 2.05) is 0 Å². The molecule has 110 valence electrons. The molecule has 1 aliphatic carbocycles. The van der Waals surface area contributed by atoms with Gasteiger partial charge in [-0.2, -0.15) is 0 Å². The van der Waals surface area contributed by atoms with E-state index in [-0.39, 0.29) is 0 Å². The Morgan fingerprint density at radius 1 is 1.00 bits per heavy atom. The normalized spacial score (nSPS) is 32.1. The fourth-order valence-corrected chi connectivity index (χ4v) is 4.23. The minimum absolute atomic E-state index is 0.311. The number of piperidine rings is 1. The fraction of sp³-hybridized carbons (Fsp3) is 0.667. The predicted molar refractivity (Wildman–Crippen MR) is 84.9 cm³/mol. The van der Waals surface area contributed by atoms with E-state index in [2.05, 4.69) is 35.2 Å². The van der Waals surface area contributed by atoms with Gasteiger partial charge in [0.1, 0.15) is 0 Å². The highest BCUT2D eigenvalue weighted by atomic mass is 15.2. The molecule has 1 heterocycles. The van der Waals surface area contributed by atoms with E-state index in [1.165, 1.54) is 63.6 Å². The zero-order valence-corrected chi connectivity index (χ0v) is 12.6. The zero-order chi connectivity index (χ0) is 13.8. The van der Waals surface area contributed by atoms with Crippen molar-refractivity contribution < 1.29 is 0 Å². The molecule has 3 rings (SSSR count). The quantitative estimate of drug-likeness (QED) is 0.912. The van der Waals surface area contributed by atoms with Crippen LogP contribution in [0.1, 0.15) is 56.4 Å². The van der Waals surface area contributed by atoms with E-state index in [4.69, 9.17) is 5.73 Å². The maximum Gasteiger partial charge on any atom is 0.0332 e. The Morgan fingerprint density at radius 2 is 1.65 bits per heavy atom. The largest absolute Gasteiger partial charge is 0.329 e. The highest BCUT2D eigenvalue weighted by molar-refractivity contribution is 5.20. The van der Waals surface area contributed by atoms with E-state index in [0.29, 0.717) is 5.54 Å². The third-order valence-corrected chi connectivity index (χ3v) is 5.59. The van der Waals surface area contributed by atoms with Crippen molar-refractivity contribution in [3.63, 3.8) is 0 Å². The molecule has 20 heavy (non-hydrogen) atoms. The van der Waals surface area contributed by atoms with Crippen LogP contribution in [0.25, 0.3) is 0 Å². The molecule has 1 saturated heterocycles. The first-order valence-corrected chi connectivity index (χ1v) is 8.34. The number of hydrogen-bond acceptors (Lipinski definition) is 2. The molecule has 1 aromatic rings. The molecule has 0 spiro atoms. The number of hydrogen-bond donors (Lipinski definition) is 1. The van der Waals surface area contributed by atoms with Crippen molar-refractivity contribution in [1.29, 1.82) is 0 Å². The van der Waals surface area contributed by atoms with E-state index < -0.39 is 0 Å². The molecule has 0 atom stereocenters. The summed E-state index contributed by atoms with van der Waals surface area (Å²) in [4.78, 5) is 2.72. The average molecular weight is 272 g/mol. The van der Waals surface area contributed by atoms with Gasteiger partial charge in [-0.25, -0.2) is 0 Å². The van der Waals surface area contributed by atoms with Crippen molar-refractivity contribution in [2.45, 2.75) is 56.4 Å². The van der Waals surface area contributed by atoms with E-state index >= 15 is 0 Å². The van der Waals surface area contributed by atoms with E-state index in [0.717, 1.165) is 12.5 Å². The third-order valence-electron chi connectivity index (χ3n) is 5.59. The molecule has 2 nitrogen and oxygen atoms in total. The molecule has 1 saturated carbocycles. The highest BCUT2D eigenvalue weighted by Crippen LogP contribution is 2.41. The van der Waals surface area contributed by atoms with Gasteiger partial charge in [-0.15, -0.1) is 0 Å². The Labute approximate surface area is 123 Å². The molecule has 2 heteroatoms. The lowest BCUT2D eigenvalue weighted by Gasteiger charge is -2.49. The first-order valence-electron chi connectivity index (χ1n) is 8.34. The van der Waals surface area contributed by atoms with Crippen LogP contribution in [-0.4, -0.2) is 30.1 Å². The summed E-state index contributed by atoms with van der Waals surface area (Å²) in [5.41, 5.74) is 8.05. The van der Waals surface area contributed by atoms with Crippen LogP contribution in [0.5, 0.6) is 0 Å². The lowest BCUT2D eigenvalue weighted by molar-refractivity contribution is 0.0357. The fourth-order valence-electron chi connectivity index (χ4n) is 4.23. The number of nitrogens with two attached hydrogens (primary N) is 1. The van der Waals surface area contributed by atoms with Crippen LogP contribution in [0.3, 0.4) is 0 Å². The first-order chi connectivity index (χ1) is 9.84. The number of nitrogens with zero attached hydrogens (tertiary/aromatic N) is 1. The summed E-state index contributed by atoms with van der Waals surface area (Å²) >= 11 is 0. The van der Waals surface area contributed by atoms with Gasteiger partial charge in [-0.3, -0.25) is 4.90 Å². The van der Waals surface area contributed by atoms with Crippen molar-refractivity contribution in [2.75, 3.05) is 19.6 Å². The van der Waals surface area contributed by atoms with Gasteiger partial charge in [0, 0.05) is 12.1 Å². The Morgan fingerprint density at radius 3 is 2.25 bits per heavy atom. The van der Waals surface area contributed by atoms with E-state index in [9.17, 15) is 0 Å². The second-order valence-corrected chi connectivity index (χ2v) is 6.66. The molecule has 0 amide bonds. The Balaban J connectivity index is 1.66. The molecule has 0 unspecified atom stereocenters. The molecular formula is C18H28N2. The van der Waals surface area contributed by atoms with Crippen LogP contribution in [0.4, 0.5) is 0 Å². The molecule has 1 aromatic carbocycles. The minimum atomic E-state index is 0.311. The Kier molecular flexibility index (Phi) is 4.42. The van der Waals surface area contributed by atoms with Crippen LogP contribution in [0.15, 0.2) is 30.3 Å². The summed E-state index contributed by atoms with van der Waals surface area (Å²) in [5, 5.41) is 0. The number of benzene rings is 1. The van der Waals surface area contributed by atoms with Gasteiger partial charge in [0.25, 0.3) is 0 Å². The summed E-state index contributed by atoms with van der Waals surface area (Å²) in [6.07, 6.45) is 9.30. The Bertz CT molecular complexity index is 401. The average Bonchev–Trinajstić information content (AvgIpc) is 2.56. The second-order valence-electron chi connectivity index (χ2n) is 6.66. The van der Waals surface area contributed by atoms with Crippen molar-refractivity contribution in [1.82, 2.24) is 4.90 Å².